The lowest BCUT2D eigenvalue weighted by molar-refractivity contribution is -0.159. The first-order valence-electron chi connectivity index (χ1n) is 20.1. The molecule has 0 unspecified atom stereocenters. The molecule has 2 fully saturated rings. The molecule has 2 aliphatic heterocycles. The lowest BCUT2D eigenvalue weighted by Crippen LogP contribution is -2.60. The molecule has 1 aliphatic carbocycles. The van der Waals surface area contributed by atoms with Gasteiger partial charge >= 0.3 is 12.1 Å². The number of ether oxygens (including phenoxy) is 3. The van der Waals surface area contributed by atoms with Crippen molar-refractivity contribution in [1.29, 1.82) is 0 Å². The number of hydrogen-bond donors (Lipinski definition) is 1. The number of carbonyl (C=O) groups excluding carboxylic acids is 5. The van der Waals surface area contributed by atoms with Gasteiger partial charge in [0.25, 0.3) is 11.8 Å². The first kappa shape index (κ1) is 40.3. The third kappa shape index (κ3) is 8.23. The highest BCUT2D eigenvalue weighted by molar-refractivity contribution is 6.08. The molecule has 2 aromatic carbocycles. The maximum Gasteiger partial charge on any atom is 0.418 e. The Labute approximate surface area is 337 Å². The van der Waals surface area contributed by atoms with E-state index in [1.807, 2.05) is 60.7 Å². The van der Waals surface area contributed by atoms with Gasteiger partial charge in [0, 0.05) is 29.3 Å². The molecule has 0 bridgehead atoms. The number of amides is 4. The molecule has 1 saturated carbocycles. The number of aryl methyl sites for hydroxylation is 1. The molecule has 14 nitrogen and oxygen atoms in total. The highest BCUT2D eigenvalue weighted by atomic mass is 16.6. The Kier molecular flexibility index (Phi) is 11.5. The number of fused-ring (bicyclic) bond motifs is 5. The van der Waals surface area contributed by atoms with E-state index in [1.54, 1.807) is 34.6 Å². The molecule has 0 radical (unpaired) electrons. The number of esters is 1. The van der Waals surface area contributed by atoms with Gasteiger partial charge in [0.2, 0.25) is 11.8 Å². The monoisotopic (exact) mass is 790 g/mol. The van der Waals surface area contributed by atoms with Gasteiger partial charge in [0.1, 0.15) is 29.5 Å². The highest BCUT2D eigenvalue weighted by Crippen LogP contribution is 2.52. The average molecular weight is 791 g/mol. The summed E-state index contributed by atoms with van der Waals surface area (Å²) in [4.78, 5) is 87.6. The first-order chi connectivity index (χ1) is 27.8. The van der Waals surface area contributed by atoms with Crippen molar-refractivity contribution in [2.24, 2.45) is 5.92 Å². The van der Waals surface area contributed by atoms with Crippen molar-refractivity contribution in [3.63, 3.8) is 0 Å². The predicted octanol–water partition coefficient (Wildman–Crippen LogP) is 6.24. The second-order valence-electron chi connectivity index (χ2n) is 16.2. The van der Waals surface area contributed by atoms with E-state index in [1.165, 1.54) is 17.3 Å². The molecular weight excluding hydrogens is 741 g/mol. The van der Waals surface area contributed by atoms with Crippen molar-refractivity contribution >= 4 is 51.5 Å². The van der Waals surface area contributed by atoms with Gasteiger partial charge in [0.05, 0.1) is 30.6 Å². The van der Waals surface area contributed by atoms with Crippen LogP contribution >= 0.6 is 0 Å². The normalized spacial score (nSPS) is 24.6. The van der Waals surface area contributed by atoms with Crippen molar-refractivity contribution in [1.82, 2.24) is 30.1 Å². The number of pyridine rings is 1. The molecule has 1 saturated heterocycles. The standard InChI is InChI=1S/C44H50N6O8/c1-6-56-41(54)44-23-28(44)16-10-8-7-9-11-21-34(47-37(51)35-25-45-27(2)24-46-35)39(52)49-26-29(22-36(49)40(53)50(44)42(55)58-43(3,4)5)57-38-32-19-13-12-17-30(32)31-18-14-15-20-33(31)48-38/h10,12-20,24-25,28-29,34,36H,6-9,11,21-23,26H2,1-5H3,(H,47,51)/b16-10-/t28-,29-,34+,36+,44-/m1/s1. The summed E-state index contributed by atoms with van der Waals surface area (Å²) in [5.41, 5.74) is -1.34. The molecule has 58 heavy (non-hydrogen) atoms. The van der Waals surface area contributed by atoms with Gasteiger partial charge in [-0.1, -0.05) is 61.4 Å². The molecule has 4 heterocycles. The number of benzene rings is 2. The molecule has 14 heteroatoms. The van der Waals surface area contributed by atoms with Crippen LogP contribution < -0.4 is 10.1 Å². The van der Waals surface area contributed by atoms with Crippen LogP contribution in [0.1, 0.15) is 88.8 Å². The molecule has 5 atom stereocenters. The van der Waals surface area contributed by atoms with Crippen LogP contribution in [0.5, 0.6) is 5.88 Å². The maximum atomic E-state index is 15.3. The summed E-state index contributed by atoms with van der Waals surface area (Å²) in [5, 5.41) is 5.48. The molecule has 4 amide bonds. The predicted molar refractivity (Wildman–Crippen MR) is 215 cm³/mol. The van der Waals surface area contributed by atoms with Crippen molar-refractivity contribution < 1.29 is 38.2 Å². The molecule has 2 aromatic heterocycles. The van der Waals surface area contributed by atoms with E-state index >= 15 is 4.79 Å². The van der Waals surface area contributed by atoms with Gasteiger partial charge in [-0.15, -0.1) is 0 Å². The van der Waals surface area contributed by atoms with Crippen LogP contribution in [0.2, 0.25) is 0 Å². The van der Waals surface area contributed by atoms with Crippen molar-refractivity contribution in [2.75, 3.05) is 13.2 Å². The number of allylic oxidation sites excluding steroid dienone is 1. The van der Waals surface area contributed by atoms with E-state index in [-0.39, 0.29) is 38.1 Å². The minimum Gasteiger partial charge on any atom is -0.472 e. The SMILES string of the molecule is CCOC(=O)[C@@]12C[C@H]1/C=C\CCCCC[C@H](NC(=O)c1cnc(C)cn1)C(=O)N1C[C@H](Oc3nc4ccccc4c4ccccc34)C[C@H]1C(=O)N2C(=O)OC(C)(C)C. The van der Waals surface area contributed by atoms with E-state index in [9.17, 15) is 19.2 Å². The zero-order chi connectivity index (χ0) is 41.2. The second-order valence-corrected chi connectivity index (χ2v) is 16.2. The number of hydrogen-bond acceptors (Lipinski definition) is 11. The van der Waals surface area contributed by atoms with E-state index in [4.69, 9.17) is 19.2 Å². The Bertz CT molecular complexity index is 2250. The smallest absolute Gasteiger partial charge is 0.418 e. The molecular formula is C44H50N6O8. The fourth-order valence-corrected chi connectivity index (χ4v) is 7.98. The van der Waals surface area contributed by atoms with Crippen LogP contribution in [-0.4, -0.2) is 97.0 Å². The lowest BCUT2D eigenvalue weighted by Gasteiger charge is -2.35. The highest BCUT2D eigenvalue weighted by Gasteiger charge is 2.69. The van der Waals surface area contributed by atoms with Gasteiger partial charge < -0.3 is 24.4 Å². The van der Waals surface area contributed by atoms with Crippen LogP contribution in [0, 0.1) is 12.8 Å². The number of nitrogens with zero attached hydrogens (tertiary/aromatic N) is 5. The number of para-hydroxylation sites is 1. The van der Waals surface area contributed by atoms with E-state index in [2.05, 4.69) is 15.3 Å². The van der Waals surface area contributed by atoms with Crippen LogP contribution in [0.25, 0.3) is 21.7 Å². The van der Waals surface area contributed by atoms with Crippen LogP contribution in [-0.2, 0) is 23.9 Å². The van der Waals surface area contributed by atoms with E-state index < -0.39 is 65.0 Å². The third-order valence-electron chi connectivity index (χ3n) is 10.8. The number of imide groups is 1. The summed E-state index contributed by atoms with van der Waals surface area (Å²) in [6.45, 7) is 8.38. The van der Waals surface area contributed by atoms with Gasteiger partial charge in [-0.25, -0.2) is 24.5 Å². The summed E-state index contributed by atoms with van der Waals surface area (Å²) in [7, 11) is 0. The van der Waals surface area contributed by atoms with Crippen LogP contribution in [0.4, 0.5) is 4.79 Å². The molecule has 7 rings (SSSR count). The summed E-state index contributed by atoms with van der Waals surface area (Å²) in [5.74, 6) is -2.87. The fraction of sp³-hybridized carbons (Fsp3) is 0.455. The molecule has 4 aromatic rings. The van der Waals surface area contributed by atoms with Crippen LogP contribution in [0.15, 0.2) is 73.1 Å². The Morgan fingerprint density at radius 3 is 2.40 bits per heavy atom. The van der Waals surface area contributed by atoms with Crippen molar-refractivity contribution in [3.05, 3.63) is 84.5 Å². The number of carbonyl (C=O) groups is 5. The number of rotatable bonds is 6. The Morgan fingerprint density at radius 2 is 1.67 bits per heavy atom. The topological polar surface area (TPSA) is 170 Å². The molecule has 1 N–H and O–H groups in total. The Balaban J connectivity index is 1.31. The van der Waals surface area contributed by atoms with Gasteiger partial charge in [-0.3, -0.25) is 19.4 Å². The number of aromatic nitrogens is 3. The third-order valence-corrected chi connectivity index (χ3v) is 10.8. The van der Waals surface area contributed by atoms with Gasteiger partial charge in [-0.05, 0) is 77.8 Å². The van der Waals surface area contributed by atoms with Crippen LogP contribution in [0.3, 0.4) is 0 Å². The molecule has 304 valence electrons. The fourth-order valence-electron chi connectivity index (χ4n) is 7.98. The Morgan fingerprint density at radius 1 is 0.931 bits per heavy atom. The summed E-state index contributed by atoms with van der Waals surface area (Å²) >= 11 is 0. The summed E-state index contributed by atoms with van der Waals surface area (Å²) in [6.07, 6.45) is 8.01. The molecule has 0 spiro atoms. The minimum absolute atomic E-state index is 0.0246. The summed E-state index contributed by atoms with van der Waals surface area (Å²) < 4.78 is 18.0. The Hall–Kier alpha value is -5.92. The van der Waals surface area contributed by atoms with Gasteiger partial charge in [0.15, 0.2) is 5.54 Å². The van der Waals surface area contributed by atoms with Gasteiger partial charge in [-0.2, -0.15) is 0 Å². The zero-order valence-corrected chi connectivity index (χ0v) is 33.6. The number of nitrogens with one attached hydrogen (secondary N) is 1. The van der Waals surface area contributed by atoms with Crippen molar-refractivity contribution in [3.8, 4) is 5.88 Å². The molecule has 3 aliphatic rings. The van der Waals surface area contributed by atoms with Crippen molar-refractivity contribution in [2.45, 2.75) is 109 Å². The maximum absolute atomic E-state index is 15.3. The van der Waals surface area contributed by atoms with E-state index in [0.29, 0.717) is 29.9 Å². The zero-order valence-electron chi connectivity index (χ0n) is 33.6. The minimum atomic E-state index is -1.69. The van der Waals surface area contributed by atoms with E-state index in [0.717, 1.165) is 33.9 Å². The quantitative estimate of drug-likeness (QED) is 0.133. The first-order valence-corrected chi connectivity index (χ1v) is 20.1. The summed E-state index contributed by atoms with van der Waals surface area (Å²) in [6, 6.07) is 13.1. The lowest BCUT2D eigenvalue weighted by atomic mass is 10.0. The average Bonchev–Trinajstić information content (AvgIpc) is 3.75. The second kappa shape index (κ2) is 16.5. The largest absolute Gasteiger partial charge is 0.472 e.